The van der Waals surface area contributed by atoms with E-state index in [1.165, 1.54) is 26.4 Å². The Morgan fingerprint density at radius 3 is 2.59 bits per heavy atom. The highest BCUT2D eigenvalue weighted by atomic mass is 16.5. The van der Waals surface area contributed by atoms with Crippen LogP contribution >= 0.6 is 0 Å². The molecule has 0 aliphatic rings. The number of ether oxygens (including phenoxy) is 2. The molecular formula is C12H10O5. The van der Waals surface area contributed by atoms with Crippen molar-refractivity contribution in [2.75, 3.05) is 14.2 Å². The third-order valence-corrected chi connectivity index (χ3v) is 2.37. The minimum Gasteiger partial charge on any atom is -0.496 e. The summed E-state index contributed by atoms with van der Waals surface area (Å²) in [6.45, 7) is 0. The Morgan fingerprint density at radius 1 is 1.18 bits per heavy atom. The van der Waals surface area contributed by atoms with Crippen LogP contribution in [-0.2, 0) is 4.74 Å². The molecule has 0 bridgehead atoms. The molecule has 0 atom stereocenters. The summed E-state index contributed by atoms with van der Waals surface area (Å²) in [6, 6.07) is 5.93. The van der Waals surface area contributed by atoms with Gasteiger partial charge in [0.1, 0.15) is 11.3 Å². The lowest BCUT2D eigenvalue weighted by molar-refractivity contribution is 0.0601. The fourth-order valence-electron chi connectivity index (χ4n) is 1.58. The lowest BCUT2D eigenvalue weighted by Crippen LogP contribution is -2.05. The van der Waals surface area contributed by atoms with Gasteiger partial charge < -0.3 is 13.9 Å². The van der Waals surface area contributed by atoms with Crippen molar-refractivity contribution in [1.29, 1.82) is 0 Å². The zero-order valence-corrected chi connectivity index (χ0v) is 9.35. The molecule has 5 nitrogen and oxygen atoms in total. The molecule has 0 aliphatic carbocycles. The van der Waals surface area contributed by atoms with Crippen LogP contribution in [0.4, 0.5) is 0 Å². The van der Waals surface area contributed by atoms with E-state index in [4.69, 9.17) is 9.15 Å². The summed E-state index contributed by atoms with van der Waals surface area (Å²) in [6.07, 6.45) is 0. The quantitative estimate of drug-likeness (QED) is 0.583. The second-order valence-electron chi connectivity index (χ2n) is 3.30. The van der Waals surface area contributed by atoms with Crippen LogP contribution < -0.4 is 10.4 Å². The van der Waals surface area contributed by atoms with Gasteiger partial charge in [0.25, 0.3) is 0 Å². The first-order valence-corrected chi connectivity index (χ1v) is 4.86. The molecule has 1 heterocycles. The minimum atomic E-state index is -0.563. The van der Waals surface area contributed by atoms with Crippen molar-refractivity contribution >= 4 is 16.9 Å². The SMILES string of the molecule is COC(=O)c1ccc(OC)c2ccc(=O)oc12. The van der Waals surface area contributed by atoms with Gasteiger partial charge in [-0.25, -0.2) is 9.59 Å². The van der Waals surface area contributed by atoms with E-state index in [-0.39, 0.29) is 11.1 Å². The van der Waals surface area contributed by atoms with Crippen LogP contribution in [-0.4, -0.2) is 20.2 Å². The lowest BCUT2D eigenvalue weighted by Gasteiger charge is -2.07. The predicted octanol–water partition coefficient (Wildman–Crippen LogP) is 1.59. The molecule has 17 heavy (non-hydrogen) atoms. The molecule has 0 saturated carbocycles. The van der Waals surface area contributed by atoms with Crippen LogP contribution in [0.2, 0.25) is 0 Å². The average Bonchev–Trinajstić information content (AvgIpc) is 2.36. The van der Waals surface area contributed by atoms with Gasteiger partial charge in [-0.3, -0.25) is 0 Å². The van der Waals surface area contributed by atoms with Gasteiger partial charge in [0.2, 0.25) is 0 Å². The molecule has 0 unspecified atom stereocenters. The molecule has 0 saturated heterocycles. The van der Waals surface area contributed by atoms with Crippen LogP contribution in [0.1, 0.15) is 10.4 Å². The Kier molecular flexibility index (Phi) is 2.82. The van der Waals surface area contributed by atoms with Crippen LogP contribution in [0, 0.1) is 0 Å². The molecule has 88 valence electrons. The molecule has 0 fully saturated rings. The Balaban J connectivity index is 2.83. The van der Waals surface area contributed by atoms with Crippen LogP contribution in [0.3, 0.4) is 0 Å². The van der Waals surface area contributed by atoms with Crippen LogP contribution in [0.15, 0.2) is 33.5 Å². The zero-order chi connectivity index (χ0) is 12.4. The largest absolute Gasteiger partial charge is 0.496 e. The van der Waals surface area contributed by atoms with Crippen molar-refractivity contribution in [1.82, 2.24) is 0 Å². The Morgan fingerprint density at radius 2 is 1.94 bits per heavy atom. The third-order valence-electron chi connectivity index (χ3n) is 2.37. The number of benzene rings is 1. The van der Waals surface area contributed by atoms with Gasteiger partial charge in [-0.2, -0.15) is 0 Å². The fraction of sp³-hybridized carbons (Fsp3) is 0.167. The summed E-state index contributed by atoms with van der Waals surface area (Å²) in [5, 5.41) is 0.551. The van der Waals surface area contributed by atoms with Crippen molar-refractivity contribution in [3.63, 3.8) is 0 Å². The summed E-state index contributed by atoms with van der Waals surface area (Å²) in [4.78, 5) is 22.7. The number of hydrogen-bond acceptors (Lipinski definition) is 5. The minimum absolute atomic E-state index is 0.170. The molecule has 1 aromatic heterocycles. The Hall–Kier alpha value is -2.30. The topological polar surface area (TPSA) is 65.7 Å². The van der Waals surface area contributed by atoms with Crippen molar-refractivity contribution in [2.45, 2.75) is 0 Å². The van der Waals surface area contributed by atoms with Gasteiger partial charge in [-0.15, -0.1) is 0 Å². The van der Waals surface area contributed by atoms with Gasteiger partial charge >= 0.3 is 11.6 Å². The van der Waals surface area contributed by atoms with E-state index in [9.17, 15) is 9.59 Å². The van der Waals surface area contributed by atoms with Crippen molar-refractivity contribution in [3.8, 4) is 5.75 Å². The van der Waals surface area contributed by atoms with Gasteiger partial charge in [-0.1, -0.05) is 0 Å². The summed E-state index contributed by atoms with van der Waals surface area (Å²) in [5.74, 6) is -0.0385. The summed E-state index contributed by atoms with van der Waals surface area (Å²) >= 11 is 0. The Labute approximate surface area is 96.6 Å². The monoisotopic (exact) mass is 234 g/mol. The maximum absolute atomic E-state index is 11.5. The first-order chi connectivity index (χ1) is 8.17. The van der Waals surface area contributed by atoms with Crippen LogP contribution in [0.25, 0.3) is 11.0 Å². The number of carbonyl (C=O) groups excluding carboxylic acids is 1. The van der Waals surface area contributed by atoms with E-state index in [0.29, 0.717) is 11.1 Å². The smallest absolute Gasteiger partial charge is 0.341 e. The summed E-state index contributed by atoms with van der Waals surface area (Å²) < 4.78 is 14.8. The van der Waals surface area contributed by atoms with Crippen LogP contribution in [0.5, 0.6) is 5.75 Å². The second-order valence-corrected chi connectivity index (χ2v) is 3.30. The highest BCUT2D eigenvalue weighted by molar-refractivity contribution is 6.03. The van der Waals surface area contributed by atoms with Crippen molar-refractivity contribution in [2.24, 2.45) is 0 Å². The number of methoxy groups -OCH3 is 2. The predicted molar refractivity (Wildman–Crippen MR) is 60.4 cm³/mol. The second kappa shape index (κ2) is 4.29. The molecule has 2 aromatic rings. The van der Waals surface area contributed by atoms with E-state index < -0.39 is 11.6 Å². The van der Waals surface area contributed by atoms with E-state index in [0.717, 1.165) is 0 Å². The first kappa shape index (κ1) is 11.2. The van der Waals surface area contributed by atoms with E-state index in [1.807, 2.05) is 0 Å². The normalized spacial score (nSPS) is 10.2. The highest BCUT2D eigenvalue weighted by Gasteiger charge is 2.15. The standard InChI is InChI=1S/C12H10O5/c1-15-9-5-3-8(12(14)16-2)11-7(9)4-6-10(13)17-11/h3-6H,1-2H3. The van der Waals surface area contributed by atoms with Crippen molar-refractivity contribution < 1.29 is 18.7 Å². The number of esters is 1. The molecule has 2 rings (SSSR count). The molecule has 5 heteroatoms. The van der Waals surface area contributed by atoms with Gasteiger partial charge in [0, 0.05) is 6.07 Å². The first-order valence-electron chi connectivity index (χ1n) is 4.86. The van der Waals surface area contributed by atoms with Crippen molar-refractivity contribution in [3.05, 3.63) is 40.2 Å². The fourth-order valence-corrected chi connectivity index (χ4v) is 1.58. The number of fused-ring (bicyclic) bond motifs is 1. The highest BCUT2D eigenvalue weighted by Crippen LogP contribution is 2.27. The summed E-state index contributed by atoms with van der Waals surface area (Å²) in [7, 11) is 2.76. The zero-order valence-electron chi connectivity index (χ0n) is 9.35. The van der Waals surface area contributed by atoms with Gasteiger partial charge in [0.05, 0.1) is 19.6 Å². The molecule has 0 spiro atoms. The maximum Gasteiger partial charge on any atom is 0.341 e. The van der Waals surface area contributed by atoms with E-state index in [2.05, 4.69) is 4.74 Å². The molecular weight excluding hydrogens is 224 g/mol. The average molecular weight is 234 g/mol. The molecule has 0 amide bonds. The Bertz CT molecular complexity index is 626. The van der Waals surface area contributed by atoms with E-state index in [1.54, 1.807) is 12.1 Å². The number of hydrogen-bond donors (Lipinski definition) is 0. The van der Waals surface area contributed by atoms with Gasteiger partial charge in [0.15, 0.2) is 5.58 Å². The van der Waals surface area contributed by atoms with E-state index >= 15 is 0 Å². The molecule has 0 radical (unpaired) electrons. The van der Waals surface area contributed by atoms with Gasteiger partial charge in [-0.05, 0) is 18.2 Å². The lowest BCUT2D eigenvalue weighted by atomic mass is 10.1. The maximum atomic E-state index is 11.5. The number of carbonyl (C=O) groups is 1. The third kappa shape index (κ3) is 1.87. The summed E-state index contributed by atoms with van der Waals surface area (Å²) in [5.41, 5.74) is -0.166. The molecule has 0 N–H and O–H groups in total. The number of rotatable bonds is 2. The molecule has 1 aromatic carbocycles. The molecule has 0 aliphatic heterocycles.